The Bertz CT molecular complexity index is 561. The van der Waals surface area contributed by atoms with Crippen LogP contribution in [0, 0.1) is 11.8 Å². The van der Waals surface area contributed by atoms with Gasteiger partial charge >= 0.3 is 0 Å². The lowest BCUT2D eigenvalue weighted by molar-refractivity contribution is 0.331. The minimum absolute atomic E-state index is 0.630. The first-order valence-electron chi connectivity index (χ1n) is 6.34. The number of benzene rings is 1. The van der Waals surface area contributed by atoms with Crippen LogP contribution in [-0.2, 0) is 0 Å². The van der Waals surface area contributed by atoms with E-state index in [1.165, 1.54) is 0 Å². The molecule has 0 radical (unpaired) electrons. The normalized spacial score (nSPS) is 9.83. The Balaban J connectivity index is 1.98. The quantitative estimate of drug-likeness (QED) is 0.598. The number of aromatic nitrogens is 1. The van der Waals surface area contributed by atoms with Gasteiger partial charge in [-0.3, -0.25) is 4.98 Å². The van der Waals surface area contributed by atoms with Crippen LogP contribution < -0.4 is 4.74 Å². The summed E-state index contributed by atoms with van der Waals surface area (Å²) in [7, 11) is 0. The third-order valence-corrected chi connectivity index (χ3v) is 2.59. The Morgan fingerprint density at radius 1 is 1.11 bits per heavy atom. The van der Waals surface area contributed by atoms with Crippen molar-refractivity contribution in [2.75, 3.05) is 6.61 Å². The average Bonchev–Trinajstić information content (AvgIpc) is 2.43. The average molecular weight is 239 g/mol. The van der Waals surface area contributed by atoms with Crippen molar-refractivity contribution in [1.82, 2.24) is 4.98 Å². The largest absolute Gasteiger partial charge is 0.492 e. The van der Waals surface area contributed by atoms with E-state index < -0.39 is 0 Å². The Hall–Kier alpha value is -2.01. The zero-order valence-corrected chi connectivity index (χ0v) is 10.6. The molecular weight excluding hydrogens is 222 g/mol. The Morgan fingerprint density at radius 3 is 2.89 bits per heavy atom. The van der Waals surface area contributed by atoms with E-state index in [4.69, 9.17) is 4.74 Å². The molecule has 0 atom stereocenters. The van der Waals surface area contributed by atoms with Gasteiger partial charge in [0.2, 0.25) is 0 Å². The molecule has 0 bridgehead atoms. The van der Waals surface area contributed by atoms with Crippen LogP contribution in [-0.4, -0.2) is 11.6 Å². The fraction of sp³-hybridized carbons (Fsp3) is 0.312. The Labute approximate surface area is 108 Å². The molecule has 2 nitrogen and oxygen atoms in total. The molecule has 1 aromatic heterocycles. The van der Waals surface area contributed by atoms with Gasteiger partial charge in [-0.25, -0.2) is 0 Å². The SMILES string of the molecule is CCCC#CCCOc1cccc2ncccc12. The van der Waals surface area contributed by atoms with Crippen LogP contribution in [0.2, 0.25) is 0 Å². The highest BCUT2D eigenvalue weighted by molar-refractivity contribution is 5.84. The molecule has 2 aromatic rings. The van der Waals surface area contributed by atoms with Crippen molar-refractivity contribution >= 4 is 10.9 Å². The first-order chi connectivity index (χ1) is 8.92. The van der Waals surface area contributed by atoms with Crippen LogP contribution in [0.3, 0.4) is 0 Å². The highest BCUT2D eigenvalue weighted by Crippen LogP contribution is 2.23. The van der Waals surface area contributed by atoms with Crippen molar-refractivity contribution in [1.29, 1.82) is 0 Å². The van der Waals surface area contributed by atoms with Crippen molar-refractivity contribution in [3.8, 4) is 17.6 Å². The molecule has 0 spiro atoms. The van der Waals surface area contributed by atoms with Crippen molar-refractivity contribution < 1.29 is 4.74 Å². The lowest BCUT2D eigenvalue weighted by Gasteiger charge is -2.06. The summed E-state index contributed by atoms with van der Waals surface area (Å²) >= 11 is 0. The zero-order chi connectivity index (χ0) is 12.6. The highest BCUT2D eigenvalue weighted by Gasteiger charge is 2.00. The lowest BCUT2D eigenvalue weighted by Crippen LogP contribution is -1.96. The summed E-state index contributed by atoms with van der Waals surface area (Å²) in [4.78, 5) is 4.30. The molecule has 0 amide bonds. The number of ether oxygens (including phenoxy) is 1. The molecule has 2 rings (SSSR count). The van der Waals surface area contributed by atoms with Gasteiger partial charge in [0.05, 0.1) is 12.1 Å². The number of unbranched alkanes of at least 4 members (excludes halogenated alkanes) is 1. The van der Waals surface area contributed by atoms with Gasteiger partial charge in [0, 0.05) is 24.4 Å². The summed E-state index contributed by atoms with van der Waals surface area (Å²) in [5, 5.41) is 1.06. The molecule has 1 heterocycles. The topological polar surface area (TPSA) is 22.1 Å². The van der Waals surface area contributed by atoms with E-state index in [0.717, 1.165) is 35.9 Å². The van der Waals surface area contributed by atoms with Gasteiger partial charge in [0.1, 0.15) is 5.75 Å². The molecule has 1 aromatic carbocycles. The van der Waals surface area contributed by atoms with Gasteiger partial charge in [0.25, 0.3) is 0 Å². The standard InChI is InChI=1S/C16H17NO/c1-2-3-4-5-6-13-18-16-11-7-10-15-14(16)9-8-12-17-15/h7-12H,2-3,6,13H2,1H3. The van der Waals surface area contributed by atoms with Gasteiger partial charge in [-0.05, 0) is 30.7 Å². The van der Waals surface area contributed by atoms with E-state index in [9.17, 15) is 0 Å². The van der Waals surface area contributed by atoms with Crippen LogP contribution >= 0.6 is 0 Å². The van der Waals surface area contributed by atoms with E-state index in [0.29, 0.717) is 6.61 Å². The first-order valence-corrected chi connectivity index (χ1v) is 6.34. The third-order valence-electron chi connectivity index (χ3n) is 2.59. The minimum atomic E-state index is 0.630. The number of rotatable bonds is 4. The van der Waals surface area contributed by atoms with E-state index in [-0.39, 0.29) is 0 Å². The fourth-order valence-electron chi connectivity index (χ4n) is 1.71. The molecule has 2 heteroatoms. The van der Waals surface area contributed by atoms with Gasteiger partial charge in [-0.2, -0.15) is 0 Å². The minimum Gasteiger partial charge on any atom is -0.492 e. The molecule has 0 aliphatic rings. The van der Waals surface area contributed by atoms with Crippen molar-refractivity contribution in [3.05, 3.63) is 36.5 Å². The van der Waals surface area contributed by atoms with Crippen LogP contribution in [0.4, 0.5) is 0 Å². The zero-order valence-electron chi connectivity index (χ0n) is 10.6. The second-order valence-corrected chi connectivity index (χ2v) is 4.03. The van der Waals surface area contributed by atoms with Gasteiger partial charge in [-0.1, -0.05) is 18.9 Å². The molecule has 92 valence electrons. The lowest BCUT2D eigenvalue weighted by atomic mass is 10.2. The number of pyridine rings is 1. The maximum absolute atomic E-state index is 5.76. The van der Waals surface area contributed by atoms with Gasteiger partial charge in [0.15, 0.2) is 0 Å². The molecular formula is C16H17NO. The second kappa shape index (κ2) is 6.66. The predicted octanol–water partition coefficient (Wildman–Crippen LogP) is 3.81. The summed E-state index contributed by atoms with van der Waals surface area (Å²) in [6.07, 6.45) is 4.65. The van der Waals surface area contributed by atoms with Crippen LogP contribution in [0.5, 0.6) is 5.75 Å². The Kier molecular flexibility index (Phi) is 4.60. The molecule has 0 saturated heterocycles. The number of hydrogen-bond donors (Lipinski definition) is 0. The van der Waals surface area contributed by atoms with E-state index in [1.807, 2.05) is 30.3 Å². The van der Waals surface area contributed by atoms with Crippen molar-refractivity contribution in [2.24, 2.45) is 0 Å². The number of hydrogen-bond acceptors (Lipinski definition) is 2. The van der Waals surface area contributed by atoms with E-state index in [2.05, 4.69) is 23.7 Å². The molecule has 0 aliphatic carbocycles. The van der Waals surface area contributed by atoms with Crippen LogP contribution in [0.15, 0.2) is 36.5 Å². The smallest absolute Gasteiger partial charge is 0.128 e. The van der Waals surface area contributed by atoms with Crippen LogP contribution in [0.25, 0.3) is 10.9 Å². The summed E-state index contributed by atoms with van der Waals surface area (Å²) in [5.41, 5.74) is 0.965. The molecule has 0 fully saturated rings. The number of fused-ring (bicyclic) bond motifs is 1. The van der Waals surface area contributed by atoms with E-state index >= 15 is 0 Å². The van der Waals surface area contributed by atoms with Crippen LogP contribution in [0.1, 0.15) is 26.2 Å². The maximum Gasteiger partial charge on any atom is 0.128 e. The highest BCUT2D eigenvalue weighted by atomic mass is 16.5. The second-order valence-electron chi connectivity index (χ2n) is 4.03. The fourth-order valence-corrected chi connectivity index (χ4v) is 1.71. The van der Waals surface area contributed by atoms with Gasteiger partial charge in [-0.15, -0.1) is 5.92 Å². The maximum atomic E-state index is 5.76. The van der Waals surface area contributed by atoms with E-state index in [1.54, 1.807) is 6.20 Å². The molecule has 0 unspecified atom stereocenters. The molecule has 0 aliphatic heterocycles. The predicted molar refractivity (Wildman–Crippen MR) is 74.5 cm³/mol. The van der Waals surface area contributed by atoms with Crippen molar-refractivity contribution in [2.45, 2.75) is 26.2 Å². The Morgan fingerprint density at radius 2 is 2.00 bits per heavy atom. The molecule has 0 N–H and O–H groups in total. The summed E-state index contributed by atoms with van der Waals surface area (Å²) in [5.74, 6) is 7.12. The molecule has 18 heavy (non-hydrogen) atoms. The molecule has 0 saturated carbocycles. The monoisotopic (exact) mass is 239 g/mol. The summed E-state index contributed by atoms with van der Waals surface area (Å²) in [6, 6.07) is 9.89. The number of nitrogens with zero attached hydrogens (tertiary/aromatic N) is 1. The summed E-state index contributed by atoms with van der Waals surface area (Å²) in [6.45, 7) is 2.76. The third kappa shape index (κ3) is 3.24. The first kappa shape index (κ1) is 12.4. The summed E-state index contributed by atoms with van der Waals surface area (Å²) < 4.78 is 5.76. The van der Waals surface area contributed by atoms with Gasteiger partial charge < -0.3 is 4.74 Å². The van der Waals surface area contributed by atoms with Crippen molar-refractivity contribution in [3.63, 3.8) is 0 Å².